The fourth-order valence-electron chi connectivity index (χ4n) is 5.05. The molecule has 2 unspecified atom stereocenters. The van der Waals surface area contributed by atoms with Crippen LogP contribution in [0.25, 0.3) is 11.1 Å². The van der Waals surface area contributed by atoms with E-state index in [2.05, 4.69) is 10.3 Å². The third kappa shape index (κ3) is 4.88. The Morgan fingerprint density at radius 1 is 1.06 bits per heavy atom. The first-order valence-electron chi connectivity index (χ1n) is 11.5. The van der Waals surface area contributed by atoms with E-state index in [1.165, 1.54) is 17.4 Å². The van der Waals surface area contributed by atoms with Crippen molar-refractivity contribution in [2.24, 2.45) is 17.8 Å². The highest BCUT2D eigenvalue weighted by molar-refractivity contribution is 7.11. The van der Waals surface area contributed by atoms with Gasteiger partial charge in [-0.25, -0.2) is 4.98 Å². The van der Waals surface area contributed by atoms with Crippen LogP contribution in [0.15, 0.2) is 60.1 Å². The van der Waals surface area contributed by atoms with Crippen LogP contribution in [-0.4, -0.2) is 47.8 Å². The second-order valence-corrected chi connectivity index (χ2v) is 9.99. The van der Waals surface area contributed by atoms with Gasteiger partial charge in [0.05, 0.1) is 5.56 Å². The zero-order valence-corrected chi connectivity index (χ0v) is 19.6. The predicted molar refractivity (Wildman–Crippen MR) is 127 cm³/mol. The summed E-state index contributed by atoms with van der Waals surface area (Å²) in [5.74, 6) is 0.309. The van der Waals surface area contributed by atoms with Crippen molar-refractivity contribution in [3.05, 3.63) is 76.2 Å². The van der Waals surface area contributed by atoms with Crippen LogP contribution in [0.5, 0.6) is 0 Å². The number of alkyl halides is 3. The molecule has 0 bridgehead atoms. The van der Waals surface area contributed by atoms with Crippen molar-refractivity contribution in [2.75, 3.05) is 26.2 Å². The number of likely N-dealkylation sites (tertiary alicyclic amines) is 1. The SMILES string of the molecule is O=C(c1nccs1)C1CNCCC1C1CN(C(=O)c2ccc(-c3cccc(C(F)(F)F)c3)cc2)C1. The molecule has 0 aliphatic carbocycles. The molecule has 35 heavy (non-hydrogen) atoms. The van der Waals surface area contributed by atoms with Crippen LogP contribution in [0.2, 0.25) is 0 Å². The number of nitrogens with one attached hydrogen (secondary N) is 1. The van der Waals surface area contributed by atoms with Gasteiger partial charge in [-0.2, -0.15) is 13.2 Å². The second-order valence-electron chi connectivity index (χ2n) is 9.09. The Kier molecular flexibility index (Phi) is 6.46. The molecule has 3 heterocycles. The first-order valence-corrected chi connectivity index (χ1v) is 12.4. The zero-order chi connectivity index (χ0) is 24.6. The van der Waals surface area contributed by atoms with E-state index in [4.69, 9.17) is 0 Å². The van der Waals surface area contributed by atoms with E-state index >= 15 is 0 Å². The van der Waals surface area contributed by atoms with Gasteiger partial charge in [-0.1, -0.05) is 24.3 Å². The molecule has 2 aromatic carbocycles. The van der Waals surface area contributed by atoms with Crippen molar-refractivity contribution in [1.82, 2.24) is 15.2 Å². The summed E-state index contributed by atoms with van der Waals surface area (Å²) in [5.41, 5.74) is 0.864. The van der Waals surface area contributed by atoms with E-state index in [9.17, 15) is 22.8 Å². The van der Waals surface area contributed by atoms with Crippen LogP contribution in [0.3, 0.4) is 0 Å². The lowest BCUT2D eigenvalue weighted by Gasteiger charge is -2.47. The summed E-state index contributed by atoms with van der Waals surface area (Å²) >= 11 is 1.36. The average Bonchev–Trinajstić information content (AvgIpc) is 3.38. The molecule has 5 nitrogen and oxygen atoms in total. The number of carbonyl (C=O) groups is 2. The molecule has 3 aromatic rings. The van der Waals surface area contributed by atoms with Gasteiger partial charge in [-0.3, -0.25) is 9.59 Å². The van der Waals surface area contributed by atoms with Crippen molar-refractivity contribution < 1.29 is 22.8 Å². The molecule has 2 atom stereocenters. The highest BCUT2D eigenvalue weighted by atomic mass is 32.1. The number of carbonyl (C=O) groups excluding carboxylic acids is 2. The Balaban J connectivity index is 1.23. The molecule has 2 fully saturated rings. The van der Waals surface area contributed by atoms with Crippen LogP contribution >= 0.6 is 11.3 Å². The van der Waals surface area contributed by atoms with Gasteiger partial charge in [0.25, 0.3) is 5.91 Å². The monoisotopic (exact) mass is 499 g/mol. The van der Waals surface area contributed by atoms with Gasteiger partial charge in [0.1, 0.15) is 0 Å². The quantitative estimate of drug-likeness (QED) is 0.502. The Bertz CT molecular complexity index is 1210. The van der Waals surface area contributed by atoms with Crippen molar-refractivity contribution in [3.63, 3.8) is 0 Å². The highest BCUT2D eigenvalue weighted by Crippen LogP contribution is 2.36. The van der Waals surface area contributed by atoms with Crippen LogP contribution in [0.1, 0.15) is 32.1 Å². The van der Waals surface area contributed by atoms with Gasteiger partial charge in [0.2, 0.25) is 0 Å². The third-order valence-corrected chi connectivity index (χ3v) is 7.76. The van der Waals surface area contributed by atoms with Gasteiger partial charge in [-0.05, 0) is 60.2 Å². The number of aromatic nitrogens is 1. The van der Waals surface area contributed by atoms with E-state index in [1.54, 1.807) is 46.8 Å². The lowest BCUT2D eigenvalue weighted by atomic mass is 9.72. The Labute approximate surface area is 205 Å². The number of Topliss-reactive ketones (excluding diaryl/α,β-unsaturated/α-hetero) is 1. The summed E-state index contributed by atoms with van der Waals surface area (Å²) < 4.78 is 39.1. The lowest BCUT2D eigenvalue weighted by molar-refractivity contribution is -0.137. The summed E-state index contributed by atoms with van der Waals surface area (Å²) in [5, 5.41) is 5.66. The Morgan fingerprint density at radius 3 is 2.51 bits per heavy atom. The molecule has 9 heteroatoms. The molecule has 0 saturated carbocycles. The first kappa shape index (κ1) is 23.7. The normalized spacial score (nSPS) is 20.9. The summed E-state index contributed by atoms with van der Waals surface area (Å²) in [6.45, 7) is 2.68. The topological polar surface area (TPSA) is 62.3 Å². The van der Waals surface area contributed by atoms with Gasteiger partial charge in [0.15, 0.2) is 10.8 Å². The maximum atomic E-state index is 13.0. The largest absolute Gasteiger partial charge is 0.416 e. The molecule has 1 aromatic heterocycles. The number of hydrogen-bond acceptors (Lipinski definition) is 5. The molecule has 182 valence electrons. The summed E-state index contributed by atoms with van der Waals surface area (Å²) in [7, 11) is 0. The van der Waals surface area contributed by atoms with E-state index in [1.807, 2.05) is 0 Å². The van der Waals surface area contributed by atoms with Crippen molar-refractivity contribution in [1.29, 1.82) is 0 Å². The van der Waals surface area contributed by atoms with Gasteiger partial charge < -0.3 is 10.2 Å². The molecular formula is C26H24F3N3O2S. The number of thiazole rings is 1. The lowest BCUT2D eigenvalue weighted by Crippen LogP contribution is -2.57. The molecule has 0 spiro atoms. The van der Waals surface area contributed by atoms with Crippen LogP contribution in [-0.2, 0) is 6.18 Å². The molecule has 0 radical (unpaired) electrons. The van der Waals surface area contributed by atoms with Gasteiger partial charge in [-0.15, -0.1) is 11.3 Å². The minimum atomic E-state index is -4.40. The van der Waals surface area contributed by atoms with E-state index in [-0.39, 0.29) is 29.4 Å². The molecule has 2 aliphatic rings. The number of piperidine rings is 1. The molecular weight excluding hydrogens is 475 g/mol. The number of ketones is 1. The molecule has 2 aliphatic heterocycles. The Hall–Kier alpha value is -3.04. The second kappa shape index (κ2) is 9.54. The maximum absolute atomic E-state index is 13.0. The average molecular weight is 500 g/mol. The predicted octanol–water partition coefficient (Wildman–Crippen LogP) is 5.01. The minimum Gasteiger partial charge on any atom is -0.338 e. The van der Waals surface area contributed by atoms with Crippen molar-refractivity contribution in [2.45, 2.75) is 12.6 Å². The van der Waals surface area contributed by atoms with Crippen molar-refractivity contribution in [3.8, 4) is 11.1 Å². The molecule has 1 N–H and O–H groups in total. The molecule has 5 rings (SSSR count). The number of rotatable bonds is 5. The smallest absolute Gasteiger partial charge is 0.338 e. The summed E-state index contributed by atoms with van der Waals surface area (Å²) in [6, 6.07) is 11.8. The zero-order valence-electron chi connectivity index (χ0n) is 18.8. The van der Waals surface area contributed by atoms with E-state index in [0.29, 0.717) is 41.3 Å². The summed E-state index contributed by atoms with van der Waals surface area (Å²) in [6.07, 6.45) is -1.87. The van der Waals surface area contributed by atoms with Crippen LogP contribution in [0, 0.1) is 17.8 Å². The fourth-order valence-corrected chi connectivity index (χ4v) is 5.69. The standard InChI is InChI=1S/C26H24F3N3O2S/c27-26(28,29)20-3-1-2-18(12-20)16-4-6-17(7-5-16)25(34)32-14-19(15-32)21-8-9-30-13-22(21)23(33)24-31-10-11-35-24/h1-7,10-12,19,21-22,30H,8-9,13-15H2. The third-order valence-electron chi connectivity index (χ3n) is 6.97. The minimum absolute atomic E-state index is 0.0761. The van der Waals surface area contributed by atoms with Crippen molar-refractivity contribution >= 4 is 23.0 Å². The maximum Gasteiger partial charge on any atom is 0.416 e. The highest BCUT2D eigenvalue weighted by Gasteiger charge is 2.43. The first-order chi connectivity index (χ1) is 16.8. The molecule has 1 amide bonds. The number of nitrogens with zero attached hydrogens (tertiary/aromatic N) is 2. The van der Waals surface area contributed by atoms with Gasteiger partial charge in [0, 0.05) is 42.7 Å². The summed E-state index contributed by atoms with van der Waals surface area (Å²) in [4.78, 5) is 31.9. The molecule has 2 saturated heterocycles. The van der Waals surface area contributed by atoms with Gasteiger partial charge >= 0.3 is 6.18 Å². The van der Waals surface area contributed by atoms with E-state index < -0.39 is 11.7 Å². The number of halogens is 3. The van der Waals surface area contributed by atoms with Crippen LogP contribution in [0.4, 0.5) is 13.2 Å². The number of benzene rings is 2. The van der Waals surface area contributed by atoms with E-state index in [0.717, 1.165) is 25.1 Å². The van der Waals surface area contributed by atoms with Crippen LogP contribution < -0.4 is 5.32 Å². The number of amides is 1. The Morgan fingerprint density at radius 2 is 1.83 bits per heavy atom. The fraction of sp³-hybridized carbons (Fsp3) is 0.346. The number of hydrogen-bond donors (Lipinski definition) is 1.